The van der Waals surface area contributed by atoms with Gasteiger partial charge in [-0.3, -0.25) is 4.72 Å². The quantitative estimate of drug-likeness (QED) is 0.181. The minimum atomic E-state index is -3.39. The third kappa shape index (κ3) is 8.52. The van der Waals surface area contributed by atoms with Gasteiger partial charge >= 0.3 is 0 Å². The summed E-state index contributed by atoms with van der Waals surface area (Å²) in [5.74, 6) is 2.77. The fraction of sp³-hybridized carbons (Fsp3) is 0.273. The molecule has 7 heteroatoms. The number of nitrogens with zero attached hydrogens (tertiary/aromatic N) is 1. The van der Waals surface area contributed by atoms with Crippen LogP contribution < -0.4 is 19.1 Å². The molecule has 0 bridgehead atoms. The molecule has 0 saturated carbocycles. The summed E-state index contributed by atoms with van der Waals surface area (Å²) in [5, 5.41) is 0. The molecule has 0 aromatic heterocycles. The SMILES string of the molecule is CCC(C)COc1cccc(Oc2ccc(CN(Cc3ccccc3)c3cccc(NS(C)(=O)=O)c3C)cc2)c1. The average Bonchev–Trinajstić information content (AvgIpc) is 2.94. The van der Waals surface area contributed by atoms with Crippen LogP contribution in [0.5, 0.6) is 17.2 Å². The lowest BCUT2D eigenvalue weighted by Crippen LogP contribution is -2.23. The number of ether oxygens (including phenoxy) is 2. The van der Waals surface area contributed by atoms with E-state index in [4.69, 9.17) is 9.47 Å². The van der Waals surface area contributed by atoms with Crippen molar-refractivity contribution in [1.82, 2.24) is 0 Å². The molecule has 0 heterocycles. The predicted molar refractivity (Wildman–Crippen MR) is 164 cm³/mol. The maximum atomic E-state index is 11.9. The number of benzene rings is 4. The van der Waals surface area contributed by atoms with Gasteiger partial charge < -0.3 is 14.4 Å². The third-order valence-electron chi connectivity index (χ3n) is 6.73. The van der Waals surface area contributed by atoms with Crippen molar-refractivity contribution in [3.8, 4) is 17.2 Å². The summed E-state index contributed by atoms with van der Waals surface area (Å²) in [4.78, 5) is 2.26. The van der Waals surface area contributed by atoms with Gasteiger partial charge in [0.25, 0.3) is 0 Å². The second-order valence-corrected chi connectivity index (χ2v) is 12.0. The normalized spacial score (nSPS) is 12.0. The second-order valence-electron chi connectivity index (χ2n) is 10.2. The van der Waals surface area contributed by atoms with Gasteiger partial charge in [0.2, 0.25) is 10.0 Å². The van der Waals surface area contributed by atoms with Gasteiger partial charge in [-0.15, -0.1) is 0 Å². The van der Waals surface area contributed by atoms with E-state index in [0.717, 1.165) is 40.5 Å². The highest BCUT2D eigenvalue weighted by Crippen LogP contribution is 2.31. The number of anilines is 2. The van der Waals surface area contributed by atoms with Gasteiger partial charge in [0.05, 0.1) is 18.6 Å². The number of sulfonamides is 1. The Morgan fingerprint density at radius 2 is 1.45 bits per heavy atom. The summed E-state index contributed by atoms with van der Waals surface area (Å²) in [6.45, 7) is 8.27. The lowest BCUT2D eigenvalue weighted by atomic mass is 10.1. The molecule has 4 aromatic rings. The zero-order valence-corrected chi connectivity index (χ0v) is 24.4. The molecule has 4 aromatic carbocycles. The topological polar surface area (TPSA) is 67.9 Å². The minimum Gasteiger partial charge on any atom is -0.493 e. The van der Waals surface area contributed by atoms with Gasteiger partial charge in [-0.05, 0) is 65.9 Å². The van der Waals surface area contributed by atoms with E-state index in [1.54, 1.807) is 6.07 Å². The van der Waals surface area contributed by atoms with E-state index in [1.165, 1.54) is 11.8 Å². The largest absolute Gasteiger partial charge is 0.493 e. The van der Waals surface area contributed by atoms with Crippen LogP contribution in [0.2, 0.25) is 0 Å². The van der Waals surface area contributed by atoms with E-state index >= 15 is 0 Å². The summed E-state index contributed by atoms with van der Waals surface area (Å²) < 4.78 is 38.5. The molecule has 0 aliphatic rings. The molecule has 0 fully saturated rings. The van der Waals surface area contributed by atoms with Crippen molar-refractivity contribution in [1.29, 1.82) is 0 Å². The summed E-state index contributed by atoms with van der Waals surface area (Å²) in [6, 6.07) is 31.7. The van der Waals surface area contributed by atoms with Crippen LogP contribution in [0.4, 0.5) is 11.4 Å². The molecule has 0 amide bonds. The standard InChI is InChI=1S/C33H38N2O4S/c1-5-25(2)24-38-30-13-9-14-31(21-30)39-29-19-17-28(18-20-29)23-35(22-27-11-7-6-8-12-27)33-16-10-15-32(26(33)3)34-40(4,36)37/h6-21,25,34H,5,22-24H2,1-4H3. The maximum Gasteiger partial charge on any atom is 0.229 e. The molecule has 0 aliphatic heterocycles. The van der Waals surface area contributed by atoms with Crippen LogP contribution in [0.25, 0.3) is 0 Å². The zero-order valence-electron chi connectivity index (χ0n) is 23.6. The molecule has 40 heavy (non-hydrogen) atoms. The number of nitrogens with one attached hydrogen (secondary N) is 1. The van der Waals surface area contributed by atoms with Crippen molar-refractivity contribution < 1.29 is 17.9 Å². The number of rotatable bonds is 13. The van der Waals surface area contributed by atoms with Crippen LogP contribution in [-0.4, -0.2) is 21.3 Å². The first-order valence-corrected chi connectivity index (χ1v) is 15.4. The van der Waals surface area contributed by atoms with Crippen molar-refractivity contribution in [2.45, 2.75) is 40.3 Å². The van der Waals surface area contributed by atoms with Gasteiger partial charge in [-0.1, -0.05) is 74.9 Å². The maximum absolute atomic E-state index is 11.9. The van der Waals surface area contributed by atoms with Crippen molar-refractivity contribution in [2.75, 3.05) is 22.5 Å². The van der Waals surface area contributed by atoms with Crippen molar-refractivity contribution >= 4 is 21.4 Å². The minimum absolute atomic E-state index is 0.501. The molecule has 6 nitrogen and oxygen atoms in total. The van der Waals surface area contributed by atoms with Crippen LogP contribution in [0, 0.1) is 12.8 Å². The fourth-order valence-corrected chi connectivity index (χ4v) is 4.93. The van der Waals surface area contributed by atoms with E-state index in [2.05, 4.69) is 47.7 Å². The van der Waals surface area contributed by atoms with E-state index in [0.29, 0.717) is 31.3 Å². The third-order valence-corrected chi connectivity index (χ3v) is 7.32. The van der Waals surface area contributed by atoms with E-state index in [1.807, 2.05) is 73.7 Å². The Kier molecular flexibility index (Phi) is 9.72. The number of hydrogen-bond acceptors (Lipinski definition) is 5. The zero-order chi connectivity index (χ0) is 28.5. The van der Waals surface area contributed by atoms with Gasteiger partial charge in [-0.2, -0.15) is 0 Å². The van der Waals surface area contributed by atoms with E-state index < -0.39 is 10.0 Å². The highest BCUT2D eigenvalue weighted by molar-refractivity contribution is 7.92. The van der Waals surface area contributed by atoms with Crippen LogP contribution in [-0.2, 0) is 23.1 Å². The average molecular weight is 559 g/mol. The second kappa shape index (κ2) is 13.4. The molecular formula is C33H38N2O4S. The molecule has 210 valence electrons. The highest BCUT2D eigenvalue weighted by atomic mass is 32.2. The Hall–Kier alpha value is -3.97. The van der Waals surface area contributed by atoms with Crippen molar-refractivity contribution in [3.05, 3.63) is 114 Å². The van der Waals surface area contributed by atoms with Gasteiger partial charge in [0.15, 0.2) is 0 Å². The predicted octanol–water partition coefficient (Wildman–Crippen LogP) is 7.79. The van der Waals surface area contributed by atoms with Crippen LogP contribution >= 0.6 is 0 Å². The summed E-state index contributed by atoms with van der Waals surface area (Å²) >= 11 is 0. The smallest absolute Gasteiger partial charge is 0.229 e. The monoisotopic (exact) mass is 558 g/mol. The summed E-state index contributed by atoms with van der Waals surface area (Å²) in [5.41, 5.74) is 4.69. The molecule has 1 atom stereocenters. The van der Waals surface area contributed by atoms with Crippen LogP contribution in [0.3, 0.4) is 0 Å². The molecule has 4 rings (SSSR count). The van der Waals surface area contributed by atoms with Crippen LogP contribution in [0.15, 0.2) is 97.1 Å². The molecule has 0 saturated heterocycles. The summed E-state index contributed by atoms with van der Waals surface area (Å²) in [7, 11) is -3.39. The Labute approximate surface area is 238 Å². The molecule has 0 radical (unpaired) electrons. The molecule has 1 unspecified atom stereocenters. The first kappa shape index (κ1) is 29.0. The van der Waals surface area contributed by atoms with Crippen LogP contribution in [0.1, 0.15) is 37.0 Å². The Bertz CT molecular complexity index is 1490. The Balaban J connectivity index is 1.52. The van der Waals surface area contributed by atoms with Gasteiger partial charge in [0, 0.05) is 24.8 Å². The lowest BCUT2D eigenvalue weighted by molar-refractivity contribution is 0.256. The first-order chi connectivity index (χ1) is 19.2. The van der Waals surface area contributed by atoms with Gasteiger partial charge in [-0.25, -0.2) is 8.42 Å². The fourth-order valence-electron chi connectivity index (χ4n) is 4.31. The molecular weight excluding hydrogens is 520 g/mol. The molecule has 0 aliphatic carbocycles. The van der Waals surface area contributed by atoms with E-state index in [-0.39, 0.29) is 0 Å². The highest BCUT2D eigenvalue weighted by Gasteiger charge is 2.15. The van der Waals surface area contributed by atoms with Crippen molar-refractivity contribution in [3.63, 3.8) is 0 Å². The van der Waals surface area contributed by atoms with Gasteiger partial charge in [0.1, 0.15) is 17.2 Å². The molecule has 0 spiro atoms. The number of hydrogen-bond donors (Lipinski definition) is 1. The lowest BCUT2D eigenvalue weighted by Gasteiger charge is -2.28. The molecule has 1 N–H and O–H groups in total. The summed E-state index contributed by atoms with van der Waals surface area (Å²) in [6.07, 6.45) is 2.24. The Morgan fingerprint density at radius 3 is 2.12 bits per heavy atom. The first-order valence-electron chi connectivity index (χ1n) is 13.6. The Morgan fingerprint density at radius 1 is 0.800 bits per heavy atom. The van der Waals surface area contributed by atoms with E-state index in [9.17, 15) is 8.42 Å². The van der Waals surface area contributed by atoms with Crippen molar-refractivity contribution in [2.24, 2.45) is 5.92 Å².